The fourth-order valence-corrected chi connectivity index (χ4v) is 3.08. The molecule has 0 aliphatic rings. The molecule has 0 aromatic carbocycles. The van der Waals surface area contributed by atoms with E-state index in [4.69, 9.17) is 12.2 Å². The largest absolute Gasteiger partial charge is 0.395 e. The van der Waals surface area contributed by atoms with Crippen LogP contribution in [0.4, 0.5) is 0 Å². The van der Waals surface area contributed by atoms with Crippen molar-refractivity contribution in [3.05, 3.63) is 0 Å². The van der Waals surface area contributed by atoms with Crippen molar-refractivity contribution in [2.75, 3.05) is 0 Å². The molecule has 0 fully saturated rings. The molecular formula is C18H34O2S2. The molecule has 0 radical (unpaired) electrons. The predicted octanol–water partition coefficient (Wildman–Crippen LogP) is 6.47. The molecule has 22 heavy (non-hydrogen) atoms. The summed E-state index contributed by atoms with van der Waals surface area (Å²) in [5.41, 5.74) is 0. The number of carbonyl (C=O) groups excluding carboxylic acids is 1. The summed E-state index contributed by atoms with van der Waals surface area (Å²) in [7, 11) is 0. The van der Waals surface area contributed by atoms with Crippen LogP contribution in [0.5, 0.6) is 0 Å². The van der Waals surface area contributed by atoms with Crippen LogP contribution in [0.2, 0.25) is 0 Å². The van der Waals surface area contributed by atoms with Crippen molar-refractivity contribution >= 4 is 36.5 Å². The van der Waals surface area contributed by atoms with Crippen molar-refractivity contribution in [3.8, 4) is 0 Å². The van der Waals surface area contributed by atoms with Crippen LogP contribution in [-0.2, 0) is 8.98 Å². The highest BCUT2D eigenvalue weighted by molar-refractivity contribution is 7.79. The molecule has 0 rings (SSSR count). The molecule has 0 heterocycles. The molecule has 0 aromatic rings. The number of thiol groups is 1. The van der Waals surface area contributed by atoms with Gasteiger partial charge in [0.2, 0.25) is 0 Å². The van der Waals surface area contributed by atoms with E-state index < -0.39 is 0 Å². The number of rotatable bonds is 16. The van der Waals surface area contributed by atoms with Gasteiger partial charge in [-0.15, -0.1) is 0 Å². The van der Waals surface area contributed by atoms with E-state index in [1.165, 1.54) is 64.2 Å². The van der Waals surface area contributed by atoms with Crippen LogP contribution in [0.25, 0.3) is 0 Å². The average molecular weight is 347 g/mol. The second-order valence-electron chi connectivity index (χ2n) is 6.22. The van der Waals surface area contributed by atoms with Gasteiger partial charge in [0.05, 0.1) is 0 Å². The molecule has 130 valence electrons. The number of hydrogen-bond acceptors (Lipinski definition) is 4. The number of hydrogen-bond donors (Lipinski definition) is 1. The Hall–Kier alpha value is -0.0900. The Bertz CT molecular complexity index is 270. The molecule has 0 aliphatic heterocycles. The normalized spacial score (nSPS) is 12.1. The summed E-state index contributed by atoms with van der Waals surface area (Å²) < 4.78 is 4.34. The van der Waals surface area contributed by atoms with Gasteiger partial charge in [0, 0.05) is 19.3 Å². The van der Waals surface area contributed by atoms with Gasteiger partial charge < -0.3 is 4.18 Å². The Morgan fingerprint density at radius 1 is 0.955 bits per heavy atom. The standard InChI is InChI=1S/C18H34O2S2/c1-2-3-4-5-6-7-8-9-10-13-17(16-21)14-11-12-15-18(19)20-22/h16-17,22H,2-15H2,1H3. The maximum atomic E-state index is 11.0. The topological polar surface area (TPSA) is 26.3 Å². The minimum Gasteiger partial charge on any atom is -0.395 e. The van der Waals surface area contributed by atoms with E-state index >= 15 is 0 Å². The maximum Gasteiger partial charge on any atom is 0.317 e. The number of thiocarbonyl (C=S) groups is 1. The van der Waals surface area contributed by atoms with E-state index in [2.05, 4.69) is 24.0 Å². The molecule has 0 aliphatic carbocycles. The predicted molar refractivity (Wildman–Crippen MR) is 103 cm³/mol. The molecular weight excluding hydrogens is 312 g/mol. The van der Waals surface area contributed by atoms with Crippen molar-refractivity contribution in [3.63, 3.8) is 0 Å². The first-order valence-corrected chi connectivity index (χ1v) is 9.87. The molecule has 0 bridgehead atoms. The highest BCUT2D eigenvalue weighted by atomic mass is 32.1. The summed E-state index contributed by atoms with van der Waals surface area (Å²) in [4.78, 5) is 11.0. The van der Waals surface area contributed by atoms with Crippen molar-refractivity contribution in [1.82, 2.24) is 0 Å². The van der Waals surface area contributed by atoms with Crippen LogP contribution in [-0.4, -0.2) is 11.3 Å². The molecule has 0 amide bonds. The van der Waals surface area contributed by atoms with E-state index in [1.807, 2.05) is 5.37 Å². The van der Waals surface area contributed by atoms with Gasteiger partial charge in [0.15, 0.2) is 0 Å². The van der Waals surface area contributed by atoms with E-state index in [9.17, 15) is 4.79 Å². The van der Waals surface area contributed by atoms with Gasteiger partial charge in [0.1, 0.15) is 0 Å². The fraction of sp³-hybridized carbons (Fsp3) is 0.889. The lowest BCUT2D eigenvalue weighted by Gasteiger charge is -2.11. The quantitative estimate of drug-likeness (QED) is 0.150. The summed E-state index contributed by atoms with van der Waals surface area (Å²) in [5.74, 6) is 0.299. The molecule has 0 aromatic heterocycles. The SMILES string of the molecule is CCCCCCCCCCCC(C=S)CCCCC(=O)OS. The molecule has 4 heteroatoms. The zero-order chi connectivity index (χ0) is 16.5. The van der Waals surface area contributed by atoms with Gasteiger partial charge >= 0.3 is 5.97 Å². The van der Waals surface area contributed by atoms with Crippen LogP contribution < -0.4 is 0 Å². The highest BCUT2D eigenvalue weighted by Gasteiger charge is 2.06. The molecule has 2 nitrogen and oxygen atoms in total. The van der Waals surface area contributed by atoms with E-state index in [1.54, 1.807) is 0 Å². The third kappa shape index (κ3) is 14.8. The molecule has 1 atom stereocenters. The van der Waals surface area contributed by atoms with Crippen LogP contribution in [0.3, 0.4) is 0 Å². The summed E-state index contributed by atoms with van der Waals surface area (Å²) >= 11 is 8.63. The Morgan fingerprint density at radius 3 is 1.95 bits per heavy atom. The first kappa shape index (κ1) is 21.9. The van der Waals surface area contributed by atoms with Crippen molar-refractivity contribution in [1.29, 1.82) is 0 Å². The lowest BCUT2D eigenvalue weighted by molar-refractivity contribution is -0.133. The number of unbranched alkanes of at least 4 members (excludes halogenated alkanes) is 9. The summed E-state index contributed by atoms with van der Waals surface area (Å²) in [6.45, 7) is 2.26. The Morgan fingerprint density at radius 2 is 1.45 bits per heavy atom. The average Bonchev–Trinajstić information content (AvgIpc) is 2.54. The third-order valence-electron chi connectivity index (χ3n) is 4.18. The van der Waals surface area contributed by atoms with Crippen LogP contribution in [0, 0.1) is 5.92 Å². The lowest BCUT2D eigenvalue weighted by atomic mass is 9.96. The van der Waals surface area contributed by atoms with Crippen molar-refractivity contribution in [2.24, 2.45) is 5.92 Å². The highest BCUT2D eigenvalue weighted by Crippen LogP contribution is 2.17. The molecule has 1 unspecified atom stereocenters. The number of carbonyl (C=O) groups is 1. The molecule has 0 spiro atoms. The molecule has 0 saturated carbocycles. The van der Waals surface area contributed by atoms with Crippen molar-refractivity contribution in [2.45, 2.75) is 96.8 Å². The summed E-state index contributed by atoms with van der Waals surface area (Å²) in [6, 6.07) is 0. The van der Waals surface area contributed by atoms with Gasteiger partial charge in [-0.1, -0.05) is 83.3 Å². The van der Waals surface area contributed by atoms with Gasteiger partial charge in [-0.25, -0.2) is 0 Å². The zero-order valence-electron chi connectivity index (χ0n) is 14.2. The Kier molecular flexibility index (Phi) is 17.2. The first-order chi connectivity index (χ1) is 10.7. The minimum atomic E-state index is -0.235. The first-order valence-electron chi connectivity index (χ1n) is 9.04. The molecule has 0 saturated heterocycles. The Labute approximate surface area is 148 Å². The van der Waals surface area contributed by atoms with Crippen molar-refractivity contribution < 1.29 is 8.98 Å². The summed E-state index contributed by atoms with van der Waals surface area (Å²) in [5, 5.41) is 1.92. The van der Waals surface area contributed by atoms with Crippen LogP contribution in [0.1, 0.15) is 96.8 Å². The molecule has 0 N–H and O–H groups in total. The van der Waals surface area contributed by atoms with E-state index in [0.29, 0.717) is 12.3 Å². The smallest absolute Gasteiger partial charge is 0.317 e. The van der Waals surface area contributed by atoms with E-state index in [0.717, 1.165) is 19.3 Å². The maximum absolute atomic E-state index is 11.0. The van der Waals surface area contributed by atoms with Gasteiger partial charge in [0.25, 0.3) is 0 Å². The second kappa shape index (κ2) is 17.3. The van der Waals surface area contributed by atoms with Gasteiger partial charge in [-0.05, 0) is 30.5 Å². The zero-order valence-corrected chi connectivity index (χ0v) is 15.9. The van der Waals surface area contributed by atoms with E-state index in [-0.39, 0.29) is 5.97 Å². The fourth-order valence-electron chi connectivity index (χ4n) is 2.72. The second-order valence-corrected chi connectivity index (χ2v) is 6.68. The lowest BCUT2D eigenvalue weighted by Crippen LogP contribution is -2.02. The Balaban J connectivity index is 3.38. The van der Waals surface area contributed by atoms with Crippen LogP contribution >= 0.6 is 25.1 Å². The summed E-state index contributed by atoms with van der Waals surface area (Å²) in [6.07, 6.45) is 17.0. The van der Waals surface area contributed by atoms with Crippen LogP contribution in [0.15, 0.2) is 0 Å². The van der Waals surface area contributed by atoms with Gasteiger partial charge in [-0.2, -0.15) is 0 Å². The minimum absolute atomic E-state index is 0.235. The van der Waals surface area contributed by atoms with Gasteiger partial charge in [-0.3, -0.25) is 4.79 Å². The monoisotopic (exact) mass is 346 g/mol. The third-order valence-corrected chi connectivity index (χ3v) is 4.77.